The molecule has 0 unspecified atom stereocenters. The molecule has 1 aromatic heterocycles. The molecule has 9 heteroatoms. The van der Waals surface area contributed by atoms with Crippen LogP contribution in [0.4, 0.5) is 23.9 Å². The standard InChI is InChI=1S/C21H17F3N2O2S2/c1-12-16(13-8-4-3-5-9-13)17(19(27)28-2)18(30-12)26-20(29)25-15-11-7-6-10-14(15)21(22,23)24/h3-11H,1-2H3,(H2,25,26,29). The second-order valence-electron chi connectivity index (χ2n) is 6.22. The number of halogens is 3. The topological polar surface area (TPSA) is 50.4 Å². The Kier molecular flexibility index (Phi) is 6.42. The number of ether oxygens (including phenoxy) is 1. The SMILES string of the molecule is COC(=O)c1c(NC(=S)Nc2ccccc2C(F)(F)F)sc(C)c1-c1ccccc1. The van der Waals surface area contributed by atoms with E-state index in [1.54, 1.807) is 0 Å². The molecule has 0 fully saturated rings. The molecule has 0 aliphatic heterocycles. The summed E-state index contributed by atoms with van der Waals surface area (Å²) in [5.74, 6) is -0.570. The van der Waals surface area contributed by atoms with Crippen molar-refractivity contribution in [3.05, 3.63) is 70.6 Å². The number of thiophene rings is 1. The summed E-state index contributed by atoms with van der Waals surface area (Å²) in [6.07, 6.45) is -4.53. The Morgan fingerprint density at radius 1 is 1.03 bits per heavy atom. The molecule has 30 heavy (non-hydrogen) atoms. The average Bonchev–Trinajstić information content (AvgIpc) is 3.03. The third-order valence-electron chi connectivity index (χ3n) is 4.24. The van der Waals surface area contributed by atoms with Crippen LogP contribution in [0.1, 0.15) is 20.8 Å². The lowest BCUT2D eigenvalue weighted by atomic mass is 10.0. The summed E-state index contributed by atoms with van der Waals surface area (Å²) in [4.78, 5) is 13.3. The molecule has 0 atom stereocenters. The number of esters is 1. The van der Waals surface area contributed by atoms with Crippen LogP contribution >= 0.6 is 23.6 Å². The van der Waals surface area contributed by atoms with Gasteiger partial charge in [0, 0.05) is 10.4 Å². The van der Waals surface area contributed by atoms with Crippen LogP contribution in [0.2, 0.25) is 0 Å². The molecule has 0 saturated heterocycles. The monoisotopic (exact) mass is 450 g/mol. The zero-order valence-corrected chi connectivity index (χ0v) is 17.6. The second-order valence-corrected chi connectivity index (χ2v) is 7.85. The number of carbonyl (C=O) groups excluding carboxylic acids is 1. The highest BCUT2D eigenvalue weighted by Crippen LogP contribution is 2.40. The van der Waals surface area contributed by atoms with Gasteiger partial charge in [-0.15, -0.1) is 11.3 Å². The zero-order chi connectivity index (χ0) is 21.9. The minimum atomic E-state index is -4.53. The summed E-state index contributed by atoms with van der Waals surface area (Å²) in [7, 11) is 1.27. The first kappa shape index (κ1) is 21.8. The number of methoxy groups -OCH3 is 1. The Morgan fingerprint density at radius 2 is 1.67 bits per heavy atom. The van der Waals surface area contributed by atoms with Gasteiger partial charge in [-0.1, -0.05) is 42.5 Å². The number of hydrogen-bond donors (Lipinski definition) is 2. The molecular weight excluding hydrogens is 433 g/mol. The smallest absolute Gasteiger partial charge is 0.418 e. The van der Waals surface area contributed by atoms with Crippen LogP contribution in [0.3, 0.4) is 0 Å². The number of para-hydroxylation sites is 1. The summed E-state index contributed by atoms with van der Waals surface area (Å²) in [6.45, 7) is 1.85. The molecule has 2 N–H and O–H groups in total. The fourth-order valence-electron chi connectivity index (χ4n) is 2.98. The molecule has 156 valence electrons. The van der Waals surface area contributed by atoms with Gasteiger partial charge in [-0.25, -0.2) is 4.79 Å². The Bertz CT molecular complexity index is 1080. The predicted octanol–water partition coefficient (Wildman–Crippen LogP) is 6.34. The maximum absolute atomic E-state index is 13.2. The number of nitrogens with one attached hydrogen (secondary N) is 2. The largest absolute Gasteiger partial charge is 0.465 e. The quantitative estimate of drug-likeness (QED) is 0.359. The maximum Gasteiger partial charge on any atom is 0.418 e. The van der Waals surface area contributed by atoms with Crippen molar-refractivity contribution < 1.29 is 22.7 Å². The molecule has 1 heterocycles. The summed E-state index contributed by atoms with van der Waals surface area (Å²) >= 11 is 6.48. The van der Waals surface area contributed by atoms with E-state index in [0.29, 0.717) is 10.6 Å². The lowest BCUT2D eigenvalue weighted by Crippen LogP contribution is -2.22. The fraction of sp³-hybridized carbons (Fsp3) is 0.143. The van der Waals surface area contributed by atoms with Gasteiger partial charge in [0.25, 0.3) is 0 Å². The minimum absolute atomic E-state index is 0.0716. The van der Waals surface area contributed by atoms with Gasteiger partial charge in [-0.05, 0) is 36.8 Å². The van der Waals surface area contributed by atoms with Gasteiger partial charge in [0.2, 0.25) is 0 Å². The number of carbonyl (C=O) groups is 1. The number of benzene rings is 2. The van der Waals surface area contributed by atoms with Crippen LogP contribution in [0.5, 0.6) is 0 Å². The highest BCUT2D eigenvalue weighted by molar-refractivity contribution is 7.80. The van der Waals surface area contributed by atoms with Gasteiger partial charge in [0.15, 0.2) is 5.11 Å². The Hall–Kier alpha value is -2.91. The summed E-state index contributed by atoms with van der Waals surface area (Å²) in [5, 5.41) is 5.75. The molecule has 0 saturated carbocycles. The number of rotatable bonds is 4. The number of thiocarbonyl (C=S) groups is 1. The van der Waals surface area contributed by atoms with Crippen LogP contribution in [0, 0.1) is 6.92 Å². The molecule has 0 aliphatic carbocycles. The molecule has 2 aromatic carbocycles. The number of alkyl halides is 3. The van der Waals surface area contributed by atoms with E-state index in [-0.39, 0.29) is 16.4 Å². The molecule has 4 nitrogen and oxygen atoms in total. The van der Waals surface area contributed by atoms with Gasteiger partial charge < -0.3 is 15.4 Å². The van der Waals surface area contributed by atoms with E-state index < -0.39 is 17.7 Å². The van der Waals surface area contributed by atoms with Gasteiger partial charge in [0.1, 0.15) is 10.6 Å². The molecular formula is C21H17F3N2O2S2. The van der Waals surface area contributed by atoms with Crippen LogP contribution in [0.25, 0.3) is 11.1 Å². The summed E-state index contributed by atoms with van der Waals surface area (Å²) < 4.78 is 44.6. The van der Waals surface area contributed by atoms with E-state index >= 15 is 0 Å². The van der Waals surface area contributed by atoms with Gasteiger partial charge in [0.05, 0.1) is 18.4 Å². The highest BCUT2D eigenvalue weighted by atomic mass is 32.1. The van der Waals surface area contributed by atoms with Crippen molar-refractivity contribution in [2.24, 2.45) is 0 Å². The van der Waals surface area contributed by atoms with E-state index in [0.717, 1.165) is 16.5 Å². The third-order valence-corrected chi connectivity index (χ3v) is 5.47. The zero-order valence-electron chi connectivity index (χ0n) is 16.0. The van der Waals surface area contributed by atoms with E-state index in [1.165, 1.54) is 36.6 Å². The van der Waals surface area contributed by atoms with Crippen molar-refractivity contribution in [1.29, 1.82) is 0 Å². The molecule has 3 rings (SSSR count). The first-order valence-corrected chi connectivity index (χ1v) is 9.96. The van der Waals surface area contributed by atoms with E-state index in [2.05, 4.69) is 10.6 Å². The second kappa shape index (κ2) is 8.85. The average molecular weight is 451 g/mol. The van der Waals surface area contributed by atoms with Crippen LogP contribution in [0.15, 0.2) is 54.6 Å². The Balaban J connectivity index is 1.94. The van der Waals surface area contributed by atoms with Crippen molar-refractivity contribution in [2.75, 3.05) is 17.7 Å². The molecule has 0 bridgehead atoms. The van der Waals surface area contributed by atoms with Crippen molar-refractivity contribution in [3.8, 4) is 11.1 Å². The van der Waals surface area contributed by atoms with Crippen LogP contribution in [-0.4, -0.2) is 18.2 Å². The number of aryl methyl sites for hydroxylation is 1. The number of anilines is 2. The summed E-state index contributed by atoms with van der Waals surface area (Å²) in [6, 6.07) is 14.3. The Morgan fingerprint density at radius 3 is 2.30 bits per heavy atom. The molecule has 0 amide bonds. The molecule has 0 aliphatic rings. The lowest BCUT2D eigenvalue weighted by molar-refractivity contribution is -0.136. The van der Waals surface area contributed by atoms with Crippen LogP contribution < -0.4 is 10.6 Å². The molecule has 0 spiro atoms. The minimum Gasteiger partial charge on any atom is -0.465 e. The summed E-state index contributed by atoms with van der Waals surface area (Å²) in [5.41, 5.74) is 0.766. The first-order chi connectivity index (χ1) is 14.2. The fourth-order valence-corrected chi connectivity index (χ4v) is 4.32. The van der Waals surface area contributed by atoms with Crippen LogP contribution in [-0.2, 0) is 10.9 Å². The normalized spacial score (nSPS) is 11.1. The van der Waals surface area contributed by atoms with E-state index in [1.807, 2.05) is 37.3 Å². The Labute approximate surface area is 180 Å². The van der Waals surface area contributed by atoms with E-state index in [4.69, 9.17) is 17.0 Å². The molecule has 0 radical (unpaired) electrons. The van der Waals surface area contributed by atoms with Gasteiger partial charge >= 0.3 is 12.1 Å². The van der Waals surface area contributed by atoms with E-state index in [9.17, 15) is 18.0 Å². The van der Waals surface area contributed by atoms with Crippen molar-refractivity contribution in [3.63, 3.8) is 0 Å². The maximum atomic E-state index is 13.2. The first-order valence-electron chi connectivity index (χ1n) is 8.73. The number of hydrogen-bond acceptors (Lipinski definition) is 4. The van der Waals surface area contributed by atoms with Gasteiger partial charge in [-0.3, -0.25) is 0 Å². The third kappa shape index (κ3) is 4.63. The van der Waals surface area contributed by atoms with Crippen molar-refractivity contribution in [1.82, 2.24) is 0 Å². The van der Waals surface area contributed by atoms with Crippen molar-refractivity contribution >= 4 is 45.3 Å². The van der Waals surface area contributed by atoms with Gasteiger partial charge in [-0.2, -0.15) is 13.2 Å². The lowest BCUT2D eigenvalue weighted by Gasteiger charge is -2.15. The molecule has 3 aromatic rings. The predicted molar refractivity (Wildman–Crippen MR) is 117 cm³/mol. The highest BCUT2D eigenvalue weighted by Gasteiger charge is 2.33. The van der Waals surface area contributed by atoms with Crippen molar-refractivity contribution in [2.45, 2.75) is 13.1 Å².